The Kier molecular flexibility index (Phi) is 6.37. The number of amides is 1. The summed E-state index contributed by atoms with van der Waals surface area (Å²) >= 11 is 0. The molecule has 0 radical (unpaired) electrons. The maximum Gasteiger partial charge on any atom is 0.236 e. The number of ether oxygens (including phenoxy) is 1. The van der Waals surface area contributed by atoms with Gasteiger partial charge >= 0.3 is 0 Å². The van der Waals surface area contributed by atoms with E-state index in [1.807, 2.05) is 30.9 Å². The van der Waals surface area contributed by atoms with Gasteiger partial charge in [0.05, 0.1) is 25.8 Å². The van der Waals surface area contributed by atoms with Gasteiger partial charge in [-0.3, -0.25) is 14.5 Å². The van der Waals surface area contributed by atoms with E-state index >= 15 is 0 Å². The van der Waals surface area contributed by atoms with Crippen LogP contribution in [0.5, 0.6) is 5.75 Å². The first-order valence-corrected chi connectivity index (χ1v) is 6.99. The van der Waals surface area contributed by atoms with E-state index in [9.17, 15) is 9.59 Å². The van der Waals surface area contributed by atoms with Crippen LogP contribution in [0, 0.1) is 6.92 Å². The van der Waals surface area contributed by atoms with Crippen LogP contribution in [0.1, 0.15) is 22.8 Å². The number of nitrogens with zero attached hydrogens (tertiary/aromatic N) is 2. The van der Waals surface area contributed by atoms with Gasteiger partial charge in [0.2, 0.25) is 5.91 Å². The molecule has 0 aromatic heterocycles. The number of carbonyl (C=O) groups excluding carboxylic acids is 2. The summed E-state index contributed by atoms with van der Waals surface area (Å²) in [6, 6.07) is 5.50. The molecule has 0 N–H and O–H groups in total. The minimum absolute atomic E-state index is 0.0134. The lowest BCUT2D eigenvalue weighted by molar-refractivity contribution is -0.129. The van der Waals surface area contributed by atoms with Crippen LogP contribution in [0.2, 0.25) is 0 Å². The Labute approximate surface area is 126 Å². The van der Waals surface area contributed by atoms with Gasteiger partial charge in [-0.25, -0.2) is 0 Å². The predicted octanol–water partition coefficient (Wildman–Crippen LogP) is 1.60. The van der Waals surface area contributed by atoms with Crippen molar-refractivity contribution in [2.24, 2.45) is 0 Å². The van der Waals surface area contributed by atoms with Gasteiger partial charge in [-0.05, 0) is 31.2 Å². The van der Waals surface area contributed by atoms with Crippen LogP contribution in [0.15, 0.2) is 18.2 Å². The SMILES string of the molecule is CCN(CC(=O)c1ccc(C)cc1OC)CC(=O)N(C)C. The molecule has 0 fully saturated rings. The Bertz CT molecular complexity index is 512. The topological polar surface area (TPSA) is 49.9 Å². The van der Waals surface area contributed by atoms with E-state index in [0.717, 1.165) is 5.56 Å². The zero-order chi connectivity index (χ0) is 16.0. The third-order valence-corrected chi connectivity index (χ3v) is 3.33. The number of Topliss-reactive ketones (excluding diaryl/α,β-unsaturated/α-hetero) is 1. The van der Waals surface area contributed by atoms with Crippen molar-refractivity contribution in [2.75, 3.05) is 40.8 Å². The summed E-state index contributed by atoms with van der Waals surface area (Å²) in [5, 5.41) is 0. The Hall–Kier alpha value is -1.88. The highest BCUT2D eigenvalue weighted by Crippen LogP contribution is 2.20. The predicted molar refractivity (Wildman–Crippen MR) is 82.9 cm³/mol. The molecule has 1 aromatic rings. The number of aryl methyl sites for hydroxylation is 1. The van der Waals surface area contributed by atoms with Gasteiger partial charge in [-0.15, -0.1) is 0 Å². The molecule has 116 valence electrons. The Balaban J connectivity index is 2.81. The first kappa shape index (κ1) is 17.2. The summed E-state index contributed by atoms with van der Waals surface area (Å²) in [7, 11) is 4.97. The molecule has 0 bridgehead atoms. The molecule has 0 spiro atoms. The van der Waals surface area contributed by atoms with E-state index in [-0.39, 0.29) is 24.8 Å². The van der Waals surface area contributed by atoms with Gasteiger partial charge < -0.3 is 9.64 Å². The molecule has 5 heteroatoms. The lowest BCUT2D eigenvalue weighted by atomic mass is 10.1. The summed E-state index contributed by atoms with van der Waals surface area (Å²) in [6.07, 6.45) is 0. The first-order valence-electron chi connectivity index (χ1n) is 6.99. The van der Waals surface area contributed by atoms with Crippen molar-refractivity contribution in [3.05, 3.63) is 29.3 Å². The molecular weight excluding hydrogens is 268 g/mol. The van der Waals surface area contributed by atoms with Crippen molar-refractivity contribution in [1.29, 1.82) is 0 Å². The number of ketones is 1. The van der Waals surface area contributed by atoms with Crippen molar-refractivity contribution in [3.63, 3.8) is 0 Å². The van der Waals surface area contributed by atoms with Crippen molar-refractivity contribution >= 4 is 11.7 Å². The van der Waals surface area contributed by atoms with E-state index in [1.54, 1.807) is 27.3 Å². The van der Waals surface area contributed by atoms with Crippen LogP contribution in [0.3, 0.4) is 0 Å². The second-order valence-corrected chi connectivity index (χ2v) is 5.22. The van der Waals surface area contributed by atoms with Gasteiger partial charge in [0.15, 0.2) is 5.78 Å². The largest absolute Gasteiger partial charge is 0.496 e. The molecule has 1 rings (SSSR count). The molecule has 0 aliphatic rings. The number of carbonyl (C=O) groups is 2. The van der Waals surface area contributed by atoms with E-state index in [0.29, 0.717) is 17.9 Å². The highest BCUT2D eigenvalue weighted by atomic mass is 16.5. The number of methoxy groups -OCH3 is 1. The number of benzene rings is 1. The number of hydrogen-bond acceptors (Lipinski definition) is 4. The zero-order valence-electron chi connectivity index (χ0n) is 13.5. The maximum atomic E-state index is 12.4. The number of hydrogen-bond donors (Lipinski definition) is 0. The van der Waals surface area contributed by atoms with Gasteiger partial charge in [-0.2, -0.15) is 0 Å². The lowest BCUT2D eigenvalue weighted by Crippen LogP contribution is -2.39. The van der Waals surface area contributed by atoms with Gasteiger partial charge in [0.25, 0.3) is 0 Å². The average molecular weight is 292 g/mol. The van der Waals surface area contributed by atoms with Gasteiger partial charge in [0, 0.05) is 14.1 Å². The fourth-order valence-electron chi connectivity index (χ4n) is 1.93. The Morgan fingerprint density at radius 2 is 1.86 bits per heavy atom. The molecule has 0 aliphatic carbocycles. The van der Waals surface area contributed by atoms with Crippen LogP contribution >= 0.6 is 0 Å². The molecule has 21 heavy (non-hydrogen) atoms. The smallest absolute Gasteiger partial charge is 0.236 e. The molecule has 5 nitrogen and oxygen atoms in total. The van der Waals surface area contributed by atoms with Crippen LogP contribution < -0.4 is 4.74 Å². The monoisotopic (exact) mass is 292 g/mol. The fraction of sp³-hybridized carbons (Fsp3) is 0.500. The summed E-state index contributed by atoms with van der Waals surface area (Å²) < 4.78 is 5.27. The van der Waals surface area contributed by atoms with Gasteiger partial charge in [-0.1, -0.05) is 13.0 Å². The molecule has 0 atom stereocenters. The van der Waals surface area contributed by atoms with E-state index < -0.39 is 0 Å². The van der Waals surface area contributed by atoms with Gasteiger partial charge in [0.1, 0.15) is 5.75 Å². The molecule has 0 heterocycles. The summed E-state index contributed by atoms with van der Waals surface area (Å²) in [6.45, 7) is 4.96. The average Bonchev–Trinajstić information content (AvgIpc) is 2.45. The lowest BCUT2D eigenvalue weighted by Gasteiger charge is -2.21. The third kappa shape index (κ3) is 4.86. The number of rotatable bonds is 7. The first-order chi connectivity index (χ1) is 9.88. The Morgan fingerprint density at radius 1 is 1.19 bits per heavy atom. The molecule has 0 aliphatic heterocycles. The molecular formula is C16H24N2O3. The van der Waals surface area contributed by atoms with E-state index in [1.165, 1.54) is 4.90 Å². The second-order valence-electron chi connectivity index (χ2n) is 5.22. The molecule has 0 unspecified atom stereocenters. The fourth-order valence-corrected chi connectivity index (χ4v) is 1.93. The minimum Gasteiger partial charge on any atom is -0.496 e. The Morgan fingerprint density at radius 3 is 2.38 bits per heavy atom. The molecule has 1 amide bonds. The summed E-state index contributed by atoms with van der Waals surface area (Å²) in [4.78, 5) is 27.5. The quantitative estimate of drug-likeness (QED) is 0.716. The third-order valence-electron chi connectivity index (χ3n) is 3.33. The van der Waals surface area contributed by atoms with Crippen LogP contribution in [-0.2, 0) is 4.79 Å². The normalized spacial score (nSPS) is 10.6. The summed E-state index contributed by atoms with van der Waals surface area (Å²) in [5.41, 5.74) is 1.59. The maximum absolute atomic E-state index is 12.4. The van der Waals surface area contributed by atoms with Crippen molar-refractivity contribution in [3.8, 4) is 5.75 Å². The standard InChI is InChI=1S/C16H24N2O3/c1-6-18(11-16(20)17(3)4)10-14(19)13-8-7-12(2)9-15(13)21-5/h7-9H,6,10-11H2,1-5H3. The van der Waals surface area contributed by atoms with Crippen LogP contribution in [0.4, 0.5) is 0 Å². The zero-order valence-corrected chi connectivity index (χ0v) is 13.5. The second kappa shape index (κ2) is 7.78. The molecule has 0 saturated carbocycles. The molecule has 0 saturated heterocycles. The highest BCUT2D eigenvalue weighted by Gasteiger charge is 2.18. The number of likely N-dealkylation sites (N-methyl/N-ethyl adjacent to an activating group) is 2. The van der Waals surface area contributed by atoms with Crippen LogP contribution in [-0.4, -0.2) is 62.3 Å². The minimum atomic E-state index is -0.0414. The highest BCUT2D eigenvalue weighted by molar-refractivity contribution is 6.00. The van der Waals surface area contributed by atoms with Crippen LogP contribution in [0.25, 0.3) is 0 Å². The summed E-state index contributed by atoms with van der Waals surface area (Å²) in [5.74, 6) is 0.524. The van der Waals surface area contributed by atoms with E-state index in [4.69, 9.17) is 4.74 Å². The van der Waals surface area contributed by atoms with E-state index in [2.05, 4.69) is 0 Å². The van der Waals surface area contributed by atoms with Crippen molar-refractivity contribution in [1.82, 2.24) is 9.80 Å². The van der Waals surface area contributed by atoms with Crippen molar-refractivity contribution in [2.45, 2.75) is 13.8 Å². The molecule has 1 aromatic carbocycles. The van der Waals surface area contributed by atoms with Crippen molar-refractivity contribution < 1.29 is 14.3 Å².